The summed E-state index contributed by atoms with van der Waals surface area (Å²) >= 11 is 0. The van der Waals surface area contributed by atoms with E-state index in [1.807, 2.05) is 13.8 Å². The van der Waals surface area contributed by atoms with Crippen molar-refractivity contribution in [2.24, 2.45) is 0 Å². The second-order valence-corrected chi connectivity index (χ2v) is 5.38. The molecule has 0 fully saturated rings. The maximum atomic E-state index is 12.2. The van der Waals surface area contributed by atoms with E-state index in [4.69, 9.17) is 4.74 Å². The number of benzene rings is 1. The standard InChI is InChI=1S/C15H21F3O2/c1-10-9-13(20-4)11(2)8-12(10)14(3,19)6-5-7-15(16,17)18/h8-9,19H,5-7H2,1-4H3. The van der Waals surface area contributed by atoms with E-state index in [1.165, 1.54) is 0 Å². The van der Waals surface area contributed by atoms with Gasteiger partial charge >= 0.3 is 6.18 Å². The Morgan fingerprint density at radius 1 is 1.10 bits per heavy atom. The van der Waals surface area contributed by atoms with E-state index >= 15 is 0 Å². The number of alkyl halides is 3. The molecule has 20 heavy (non-hydrogen) atoms. The summed E-state index contributed by atoms with van der Waals surface area (Å²) in [6.07, 6.45) is -5.08. The maximum Gasteiger partial charge on any atom is 0.389 e. The number of methoxy groups -OCH3 is 1. The van der Waals surface area contributed by atoms with Gasteiger partial charge in [-0.2, -0.15) is 13.2 Å². The van der Waals surface area contributed by atoms with Gasteiger partial charge in [0.25, 0.3) is 0 Å². The van der Waals surface area contributed by atoms with Crippen LogP contribution in [0.25, 0.3) is 0 Å². The summed E-state index contributed by atoms with van der Waals surface area (Å²) < 4.78 is 41.7. The van der Waals surface area contributed by atoms with Crippen molar-refractivity contribution in [2.45, 2.75) is 51.8 Å². The molecular formula is C15H21F3O2. The quantitative estimate of drug-likeness (QED) is 0.878. The zero-order valence-electron chi connectivity index (χ0n) is 12.3. The van der Waals surface area contributed by atoms with E-state index < -0.39 is 18.2 Å². The molecule has 0 aliphatic carbocycles. The Hall–Kier alpha value is -1.23. The second-order valence-electron chi connectivity index (χ2n) is 5.38. The molecule has 1 N–H and O–H groups in total. The lowest BCUT2D eigenvalue weighted by Gasteiger charge is -2.27. The first-order valence-electron chi connectivity index (χ1n) is 6.51. The SMILES string of the molecule is COc1cc(C)c(C(C)(O)CCCC(F)(F)F)cc1C. The first-order chi connectivity index (χ1) is 9.07. The Kier molecular flexibility index (Phi) is 5.08. The van der Waals surface area contributed by atoms with Crippen LogP contribution in [0.2, 0.25) is 0 Å². The molecule has 1 rings (SSSR count). The molecule has 0 aromatic heterocycles. The molecule has 5 heteroatoms. The Morgan fingerprint density at radius 2 is 1.70 bits per heavy atom. The predicted octanol–water partition coefficient (Wildman–Crippen LogP) is 4.25. The lowest BCUT2D eigenvalue weighted by molar-refractivity contribution is -0.137. The first kappa shape index (κ1) is 16.8. The third kappa shape index (κ3) is 4.40. The Balaban J connectivity index is 2.89. The maximum absolute atomic E-state index is 12.2. The van der Waals surface area contributed by atoms with Crippen LogP contribution in [-0.4, -0.2) is 18.4 Å². The van der Waals surface area contributed by atoms with Gasteiger partial charge in [0.05, 0.1) is 12.7 Å². The van der Waals surface area contributed by atoms with Gasteiger partial charge in [0, 0.05) is 6.42 Å². The van der Waals surface area contributed by atoms with Crippen LogP contribution < -0.4 is 4.74 Å². The monoisotopic (exact) mass is 290 g/mol. The van der Waals surface area contributed by atoms with Crippen molar-refractivity contribution in [3.63, 3.8) is 0 Å². The molecule has 1 atom stereocenters. The van der Waals surface area contributed by atoms with E-state index in [9.17, 15) is 18.3 Å². The molecule has 0 aliphatic rings. The summed E-state index contributed by atoms with van der Waals surface area (Å²) in [7, 11) is 1.56. The van der Waals surface area contributed by atoms with Gasteiger partial charge in [-0.25, -0.2) is 0 Å². The fourth-order valence-corrected chi connectivity index (χ4v) is 2.36. The van der Waals surface area contributed by atoms with Gasteiger partial charge in [0.1, 0.15) is 5.75 Å². The Bertz CT molecular complexity index is 465. The minimum absolute atomic E-state index is 0.0686. The summed E-state index contributed by atoms with van der Waals surface area (Å²) in [6, 6.07) is 3.57. The van der Waals surface area contributed by atoms with Crippen molar-refractivity contribution >= 4 is 0 Å². The number of aliphatic hydroxyl groups is 1. The summed E-state index contributed by atoms with van der Waals surface area (Å²) in [6.45, 7) is 5.21. The first-order valence-corrected chi connectivity index (χ1v) is 6.51. The highest BCUT2D eigenvalue weighted by Gasteiger charge is 2.30. The van der Waals surface area contributed by atoms with Crippen molar-refractivity contribution in [1.82, 2.24) is 0 Å². The van der Waals surface area contributed by atoms with Crippen molar-refractivity contribution < 1.29 is 23.0 Å². The van der Waals surface area contributed by atoms with Crippen LogP contribution in [0.15, 0.2) is 12.1 Å². The third-order valence-electron chi connectivity index (χ3n) is 3.45. The number of hydrogen-bond donors (Lipinski definition) is 1. The zero-order valence-corrected chi connectivity index (χ0v) is 12.3. The van der Waals surface area contributed by atoms with Crippen LogP contribution in [0, 0.1) is 13.8 Å². The van der Waals surface area contributed by atoms with Crippen LogP contribution in [0.1, 0.15) is 42.9 Å². The molecule has 114 valence electrons. The fraction of sp³-hybridized carbons (Fsp3) is 0.600. The molecule has 0 saturated carbocycles. The second kappa shape index (κ2) is 6.04. The topological polar surface area (TPSA) is 29.5 Å². The Morgan fingerprint density at radius 3 is 2.20 bits per heavy atom. The van der Waals surface area contributed by atoms with Gasteiger partial charge in [-0.05, 0) is 62.4 Å². The van der Waals surface area contributed by atoms with Gasteiger partial charge in [-0.15, -0.1) is 0 Å². The zero-order chi connectivity index (χ0) is 15.6. The van der Waals surface area contributed by atoms with E-state index in [0.29, 0.717) is 11.3 Å². The molecule has 0 spiro atoms. The highest BCUT2D eigenvalue weighted by molar-refractivity contribution is 5.43. The fourth-order valence-electron chi connectivity index (χ4n) is 2.36. The van der Waals surface area contributed by atoms with Gasteiger partial charge in [-0.1, -0.05) is 0 Å². The minimum Gasteiger partial charge on any atom is -0.496 e. The third-order valence-corrected chi connectivity index (χ3v) is 3.45. The van der Waals surface area contributed by atoms with Crippen LogP contribution in [0.4, 0.5) is 13.2 Å². The predicted molar refractivity (Wildman–Crippen MR) is 71.9 cm³/mol. The van der Waals surface area contributed by atoms with Crippen molar-refractivity contribution in [1.29, 1.82) is 0 Å². The molecule has 1 aromatic rings. The average Bonchev–Trinajstić information content (AvgIpc) is 2.29. The summed E-state index contributed by atoms with van der Waals surface area (Å²) in [4.78, 5) is 0. The van der Waals surface area contributed by atoms with Crippen molar-refractivity contribution in [3.8, 4) is 5.75 Å². The van der Waals surface area contributed by atoms with Crippen LogP contribution >= 0.6 is 0 Å². The number of ether oxygens (including phenoxy) is 1. The Labute approximate surface area is 117 Å². The highest BCUT2D eigenvalue weighted by Crippen LogP contribution is 2.34. The molecule has 0 bridgehead atoms. The molecular weight excluding hydrogens is 269 g/mol. The number of hydrogen-bond acceptors (Lipinski definition) is 2. The molecule has 0 heterocycles. The van der Waals surface area contributed by atoms with Gasteiger partial charge in [0.15, 0.2) is 0 Å². The molecule has 0 radical (unpaired) electrons. The molecule has 2 nitrogen and oxygen atoms in total. The smallest absolute Gasteiger partial charge is 0.389 e. The van der Waals surface area contributed by atoms with E-state index in [1.54, 1.807) is 26.2 Å². The van der Waals surface area contributed by atoms with E-state index in [-0.39, 0.29) is 12.8 Å². The summed E-state index contributed by atoms with van der Waals surface area (Å²) in [5, 5.41) is 10.4. The molecule has 0 aliphatic heterocycles. The molecule has 0 saturated heterocycles. The van der Waals surface area contributed by atoms with Crippen LogP contribution in [0.3, 0.4) is 0 Å². The lowest BCUT2D eigenvalue weighted by atomic mass is 9.86. The van der Waals surface area contributed by atoms with Gasteiger partial charge in [-0.3, -0.25) is 0 Å². The molecule has 1 unspecified atom stereocenters. The average molecular weight is 290 g/mol. The van der Waals surface area contributed by atoms with E-state index in [2.05, 4.69) is 0 Å². The largest absolute Gasteiger partial charge is 0.496 e. The number of aryl methyl sites for hydroxylation is 2. The molecule has 0 amide bonds. The highest BCUT2D eigenvalue weighted by atomic mass is 19.4. The lowest BCUT2D eigenvalue weighted by Crippen LogP contribution is -2.23. The number of rotatable bonds is 5. The van der Waals surface area contributed by atoms with Crippen molar-refractivity contribution in [2.75, 3.05) is 7.11 Å². The van der Waals surface area contributed by atoms with Crippen molar-refractivity contribution in [3.05, 3.63) is 28.8 Å². The van der Waals surface area contributed by atoms with Gasteiger partial charge < -0.3 is 9.84 Å². The number of halogens is 3. The molecule has 1 aromatic carbocycles. The van der Waals surface area contributed by atoms with Gasteiger partial charge in [0.2, 0.25) is 0 Å². The minimum atomic E-state index is -4.18. The summed E-state index contributed by atoms with van der Waals surface area (Å²) in [5.41, 5.74) is 1.04. The van der Waals surface area contributed by atoms with E-state index in [0.717, 1.165) is 11.1 Å². The van der Waals surface area contributed by atoms with Crippen LogP contribution in [0.5, 0.6) is 5.75 Å². The normalized spacial score (nSPS) is 15.0. The summed E-state index contributed by atoms with van der Waals surface area (Å²) in [5.74, 6) is 0.706. The van der Waals surface area contributed by atoms with Crippen LogP contribution in [-0.2, 0) is 5.60 Å².